The average molecular weight is 346 g/mol. The molecule has 0 spiro atoms. The summed E-state index contributed by atoms with van der Waals surface area (Å²) in [7, 11) is 2.04. The van der Waals surface area contributed by atoms with Gasteiger partial charge >= 0.3 is 0 Å². The minimum atomic E-state index is 0.223. The molecule has 1 N–H and O–H groups in total. The van der Waals surface area contributed by atoms with Crippen LogP contribution in [0.1, 0.15) is 47.7 Å². The Labute approximate surface area is 136 Å². The molecule has 0 aromatic heterocycles. The van der Waals surface area contributed by atoms with Crippen LogP contribution < -0.4 is 5.32 Å². The standard InChI is InChI=1S/C19H24BrN/c1-5-14-8-9-15(6-2)16(12-14)19(21-4)17-11-13(3)7-10-18(17)20/h7-12,19,21H,5-6H2,1-4H3. The molecule has 0 saturated heterocycles. The highest BCUT2D eigenvalue weighted by atomic mass is 79.9. The molecule has 2 heteroatoms. The van der Waals surface area contributed by atoms with Gasteiger partial charge in [-0.05, 0) is 55.1 Å². The molecule has 0 aliphatic heterocycles. The quantitative estimate of drug-likeness (QED) is 0.785. The number of rotatable bonds is 5. The first-order chi connectivity index (χ1) is 10.1. The van der Waals surface area contributed by atoms with Crippen LogP contribution in [-0.2, 0) is 12.8 Å². The van der Waals surface area contributed by atoms with Crippen molar-refractivity contribution >= 4 is 15.9 Å². The number of nitrogens with one attached hydrogen (secondary N) is 1. The number of hydrogen-bond acceptors (Lipinski definition) is 1. The Bertz CT molecular complexity index is 619. The summed E-state index contributed by atoms with van der Waals surface area (Å²) in [6.07, 6.45) is 2.13. The first kappa shape index (κ1) is 16.3. The Morgan fingerprint density at radius 1 is 1.00 bits per heavy atom. The second-order valence-electron chi connectivity index (χ2n) is 5.49. The molecular formula is C19H24BrN. The summed E-state index contributed by atoms with van der Waals surface area (Å²) >= 11 is 3.71. The topological polar surface area (TPSA) is 12.0 Å². The summed E-state index contributed by atoms with van der Waals surface area (Å²) in [5.41, 5.74) is 6.80. The molecule has 112 valence electrons. The van der Waals surface area contributed by atoms with Gasteiger partial charge in [-0.15, -0.1) is 0 Å². The summed E-state index contributed by atoms with van der Waals surface area (Å²) in [6.45, 7) is 6.58. The minimum absolute atomic E-state index is 0.223. The molecule has 0 fully saturated rings. The Hall–Kier alpha value is -1.12. The van der Waals surface area contributed by atoms with E-state index in [0.29, 0.717) is 0 Å². The van der Waals surface area contributed by atoms with E-state index in [2.05, 4.69) is 78.4 Å². The van der Waals surface area contributed by atoms with E-state index in [9.17, 15) is 0 Å². The van der Waals surface area contributed by atoms with Crippen LogP contribution in [0.15, 0.2) is 40.9 Å². The molecule has 0 saturated carbocycles. The maximum Gasteiger partial charge on any atom is 0.0588 e. The summed E-state index contributed by atoms with van der Waals surface area (Å²) in [5, 5.41) is 3.50. The largest absolute Gasteiger partial charge is 0.309 e. The van der Waals surface area contributed by atoms with Gasteiger partial charge in [-0.3, -0.25) is 0 Å². The third-order valence-electron chi connectivity index (χ3n) is 4.06. The van der Waals surface area contributed by atoms with E-state index < -0.39 is 0 Å². The van der Waals surface area contributed by atoms with E-state index in [4.69, 9.17) is 0 Å². The molecule has 1 nitrogen and oxygen atoms in total. The van der Waals surface area contributed by atoms with Gasteiger partial charge in [0.25, 0.3) is 0 Å². The van der Waals surface area contributed by atoms with Crippen LogP contribution in [-0.4, -0.2) is 7.05 Å². The van der Waals surface area contributed by atoms with E-state index in [-0.39, 0.29) is 6.04 Å². The van der Waals surface area contributed by atoms with Crippen LogP contribution in [0, 0.1) is 6.92 Å². The van der Waals surface area contributed by atoms with Crippen molar-refractivity contribution in [1.82, 2.24) is 5.32 Å². The minimum Gasteiger partial charge on any atom is -0.309 e. The zero-order valence-corrected chi connectivity index (χ0v) is 14.9. The normalized spacial score (nSPS) is 12.4. The van der Waals surface area contributed by atoms with Crippen LogP contribution in [0.4, 0.5) is 0 Å². The smallest absolute Gasteiger partial charge is 0.0588 e. The lowest BCUT2D eigenvalue weighted by Gasteiger charge is -2.23. The first-order valence-electron chi connectivity index (χ1n) is 7.65. The van der Waals surface area contributed by atoms with Crippen molar-refractivity contribution in [3.05, 3.63) is 68.7 Å². The molecule has 2 aromatic carbocycles. The molecule has 0 aliphatic rings. The van der Waals surface area contributed by atoms with Gasteiger partial charge in [0.1, 0.15) is 0 Å². The van der Waals surface area contributed by atoms with Crippen LogP contribution in [0.3, 0.4) is 0 Å². The molecular weight excluding hydrogens is 322 g/mol. The lowest BCUT2D eigenvalue weighted by Crippen LogP contribution is -2.20. The molecule has 2 aromatic rings. The average Bonchev–Trinajstić information content (AvgIpc) is 2.51. The Morgan fingerprint density at radius 3 is 2.38 bits per heavy atom. The number of aryl methyl sites for hydroxylation is 3. The molecule has 0 amide bonds. The third-order valence-corrected chi connectivity index (χ3v) is 4.78. The van der Waals surface area contributed by atoms with Crippen LogP contribution >= 0.6 is 15.9 Å². The fourth-order valence-electron chi connectivity index (χ4n) is 2.82. The van der Waals surface area contributed by atoms with Gasteiger partial charge in [0.05, 0.1) is 6.04 Å². The third kappa shape index (κ3) is 3.56. The summed E-state index contributed by atoms with van der Waals surface area (Å²) < 4.78 is 1.16. The zero-order chi connectivity index (χ0) is 15.4. The Morgan fingerprint density at radius 2 is 1.76 bits per heavy atom. The van der Waals surface area contributed by atoms with E-state index in [1.165, 1.54) is 27.8 Å². The van der Waals surface area contributed by atoms with Gasteiger partial charge < -0.3 is 5.32 Å². The van der Waals surface area contributed by atoms with Crippen molar-refractivity contribution in [2.24, 2.45) is 0 Å². The molecule has 1 atom stereocenters. The molecule has 0 bridgehead atoms. The van der Waals surface area contributed by atoms with E-state index >= 15 is 0 Å². The number of halogens is 1. The van der Waals surface area contributed by atoms with Gasteiger partial charge in [0.15, 0.2) is 0 Å². The second-order valence-corrected chi connectivity index (χ2v) is 6.34. The molecule has 0 radical (unpaired) electrons. The van der Waals surface area contributed by atoms with Gasteiger partial charge in [0.2, 0.25) is 0 Å². The molecule has 0 aliphatic carbocycles. The summed E-state index contributed by atoms with van der Waals surface area (Å²) in [6, 6.07) is 13.7. The van der Waals surface area contributed by atoms with Crippen LogP contribution in [0.2, 0.25) is 0 Å². The molecule has 1 unspecified atom stereocenters. The number of hydrogen-bond donors (Lipinski definition) is 1. The number of benzene rings is 2. The van der Waals surface area contributed by atoms with Crippen molar-refractivity contribution in [3.8, 4) is 0 Å². The lowest BCUT2D eigenvalue weighted by atomic mass is 9.90. The predicted octanol–water partition coefficient (Wildman–Crippen LogP) is 5.19. The molecule has 21 heavy (non-hydrogen) atoms. The second kappa shape index (κ2) is 7.24. The highest BCUT2D eigenvalue weighted by Gasteiger charge is 2.18. The van der Waals surface area contributed by atoms with Gasteiger partial charge in [-0.1, -0.05) is 65.7 Å². The summed E-state index contributed by atoms with van der Waals surface area (Å²) in [5.74, 6) is 0. The maximum atomic E-state index is 3.71. The van der Waals surface area contributed by atoms with Gasteiger partial charge in [-0.2, -0.15) is 0 Å². The van der Waals surface area contributed by atoms with E-state index in [1.54, 1.807) is 0 Å². The fraction of sp³-hybridized carbons (Fsp3) is 0.368. The van der Waals surface area contributed by atoms with Crippen molar-refractivity contribution in [1.29, 1.82) is 0 Å². The summed E-state index contributed by atoms with van der Waals surface area (Å²) in [4.78, 5) is 0. The zero-order valence-electron chi connectivity index (χ0n) is 13.3. The van der Waals surface area contributed by atoms with Gasteiger partial charge in [0, 0.05) is 4.47 Å². The van der Waals surface area contributed by atoms with Crippen molar-refractivity contribution < 1.29 is 0 Å². The SMILES string of the molecule is CCc1ccc(CC)c(C(NC)c2cc(C)ccc2Br)c1. The molecule has 0 heterocycles. The highest BCUT2D eigenvalue weighted by Crippen LogP contribution is 2.32. The highest BCUT2D eigenvalue weighted by molar-refractivity contribution is 9.10. The van der Waals surface area contributed by atoms with Crippen LogP contribution in [0.5, 0.6) is 0 Å². The van der Waals surface area contributed by atoms with Crippen molar-refractivity contribution in [3.63, 3.8) is 0 Å². The van der Waals surface area contributed by atoms with Crippen molar-refractivity contribution in [2.45, 2.75) is 39.7 Å². The van der Waals surface area contributed by atoms with Crippen LogP contribution in [0.25, 0.3) is 0 Å². The maximum absolute atomic E-state index is 3.71. The monoisotopic (exact) mass is 345 g/mol. The molecule has 2 rings (SSSR count). The van der Waals surface area contributed by atoms with E-state index in [1.807, 2.05) is 7.05 Å². The van der Waals surface area contributed by atoms with Gasteiger partial charge in [-0.25, -0.2) is 0 Å². The predicted molar refractivity (Wildman–Crippen MR) is 95.0 cm³/mol. The fourth-order valence-corrected chi connectivity index (χ4v) is 3.29. The van der Waals surface area contributed by atoms with Crippen molar-refractivity contribution in [2.75, 3.05) is 7.05 Å². The Balaban J connectivity index is 2.57. The van der Waals surface area contributed by atoms with E-state index in [0.717, 1.165) is 17.3 Å². The Kier molecular flexibility index (Phi) is 5.60. The lowest BCUT2D eigenvalue weighted by molar-refractivity contribution is 0.679. The first-order valence-corrected chi connectivity index (χ1v) is 8.45.